The van der Waals surface area contributed by atoms with Crippen molar-refractivity contribution >= 4 is 5.91 Å². The van der Waals surface area contributed by atoms with Gasteiger partial charge in [-0.15, -0.1) is 0 Å². The SMILES string of the molecule is Cc1cc(C)cc(C(=O)N(CC2CCCN2)C2CC2)c1. The first kappa shape index (κ1) is 13.6. The number of benzene rings is 1. The zero-order valence-corrected chi connectivity index (χ0v) is 12.5. The highest BCUT2D eigenvalue weighted by atomic mass is 16.2. The Morgan fingerprint density at radius 3 is 2.45 bits per heavy atom. The summed E-state index contributed by atoms with van der Waals surface area (Å²) in [6.07, 6.45) is 4.77. The molecule has 0 bridgehead atoms. The Labute approximate surface area is 121 Å². The van der Waals surface area contributed by atoms with Gasteiger partial charge in [0.15, 0.2) is 0 Å². The minimum atomic E-state index is 0.216. The molecular formula is C17H24N2O. The average molecular weight is 272 g/mol. The van der Waals surface area contributed by atoms with Crippen molar-refractivity contribution in [1.82, 2.24) is 10.2 Å². The maximum absolute atomic E-state index is 12.8. The Bertz CT molecular complexity index is 481. The second-order valence-corrected chi connectivity index (χ2v) is 6.36. The molecule has 0 spiro atoms. The quantitative estimate of drug-likeness (QED) is 0.914. The van der Waals surface area contributed by atoms with Crippen LogP contribution in [-0.4, -0.2) is 36.0 Å². The third-order valence-electron chi connectivity index (χ3n) is 4.30. The Morgan fingerprint density at radius 1 is 1.20 bits per heavy atom. The van der Waals surface area contributed by atoms with Crippen molar-refractivity contribution in [3.63, 3.8) is 0 Å². The predicted molar refractivity (Wildman–Crippen MR) is 81.0 cm³/mol. The summed E-state index contributed by atoms with van der Waals surface area (Å²) in [6.45, 7) is 6.09. The van der Waals surface area contributed by atoms with Gasteiger partial charge in [-0.05, 0) is 58.2 Å². The summed E-state index contributed by atoms with van der Waals surface area (Å²) in [5.74, 6) is 0.216. The lowest BCUT2D eigenvalue weighted by Gasteiger charge is -2.26. The molecule has 108 valence electrons. The van der Waals surface area contributed by atoms with E-state index in [0.717, 1.165) is 18.7 Å². The smallest absolute Gasteiger partial charge is 0.254 e. The first-order valence-corrected chi connectivity index (χ1v) is 7.76. The normalized spacial score (nSPS) is 22.0. The Kier molecular flexibility index (Phi) is 3.79. The van der Waals surface area contributed by atoms with Crippen molar-refractivity contribution in [2.24, 2.45) is 0 Å². The molecule has 1 saturated carbocycles. The van der Waals surface area contributed by atoms with Crippen LogP contribution in [-0.2, 0) is 0 Å². The number of hydrogen-bond acceptors (Lipinski definition) is 2. The molecule has 3 nitrogen and oxygen atoms in total. The van der Waals surface area contributed by atoms with Gasteiger partial charge in [-0.3, -0.25) is 4.79 Å². The molecule has 1 aromatic rings. The molecule has 3 heteroatoms. The maximum Gasteiger partial charge on any atom is 0.254 e. The van der Waals surface area contributed by atoms with Crippen LogP contribution < -0.4 is 5.32 Å². The molecule has 1 saturated heterocycles. The van der Waals surface area contributed by atoms with Crippen LogP contribution in [0.2, 0.25) is 0 Å². The summed E-state index contributed by atoms with van der Waals surface area (Å²) >= 11 is 0. The lowest BCUT2D eigenvalue weighted by atomic mass is 10.1. The first-order chi connectivity index (χ1) is 9.63. The van der Waals surface area contributed by atoms with Gasteiger partial charge in [0.1, 0.15) is 0 Å². The number of nitrogens with one attached hydrogen (secondary N) is 1. The largest absolute Gasteiger partial charge is 0.334 e. The van der Waals surface area contributed by atoms with Gasteiger partial charge in [-0.1, -0.05) is 17.2 Å². The third kappa shape index (κ3) is 3.04. The highest BCUT2D eigenvalue weighted by Crippen LogP contribution is 2.29. The van der Waals surface area contributed by atoms with E-state index >= 15 is 0 Å². The van der Waals surface area contributed by atoms with Crippen LogP contribution in [0.15, 0.2) is 18.2 Å². The number of rotatable bonds is 4. The van der Waals surface area contributed by atoms with Crippen LogP contribution >= 0.6 is 0 Å². The maximum atomic E-state index is 12.8. The standard InChI is InChI=1S/C17H24N2O/c1-12-8-13(2)10-14(9-12)17(20)19(16-5-6-16)11-15-4-3-7-18-15/h8-10,15-16,18H,3-7,11H2,1-2H3. The van der Waals surface area contributed by atoms with Crippen molar-refractivity contribution in [3.05, 3.63) is 34.9 Å². The summed E-state index contributed by atoms with van der Waals surface area (Å²) in [5.41, 5.74) is 3.19. The summed E-state index contributed by atoms with van der Waals surface area (Å²) in [5, 5.41) is 3.50. The van der Waals surface area contributed by atoms with E-state index in [-0.39, 0.29) is 5.91 Å². The zero-order chi connectivity index (χ0) is 14.1. The topological polar surface area (TPSA) is 32.3 Å². The van der Waals surface area contributed by atoms with Crippen molar-refractivity contribution < 1.29 is 4.79 Å². The molecule has 1 unspecified atom stereocenters. The van der Waals surface area contributed by atoms with E-state index in [1.807, 2.05) is 12.1 Å². The van der Waals surface area contributed by atoms with Crippen LogP contribution in [0, 0.1) is 13.8 Å². The molecule has 1 heterocycles. The Balaban J connectivity index is 1.77. The molecule has 3 rings (SSSR count). The van der Waals surface area contributed by atoms with E-state index in [1.165, 1.54) is 36.8 Å². The molecule has 0 radical (unpaired) electrons. The number of aryl methyl sites for hydroxylation is 2. The molecule has 1 aliphatic carbocycles. The van der Waals surface area contributed by atoms with Gasteiger partial charge in [0.2, 0.25) is 0 Å². The van der Waals surface area contributed by atoms with Crippen LogP contribution in [0.25, 0.3) is 0 Å². The number of carbonyl (C=O) groups is 1. The highest BCUT2D eigenvalue weighted by Gasteiger charge is 2.35. The van der Waals surface area contributed by atoms with E-state index < -0.39 is 0 Å². The molecule has 2 aliphatic rings. The average Bonchev–Trinajstić information content (AvgIpc) is 3.11. The molecule has 1 N–H and O–H groups in total. The fourth-order valence-electron chi connectivity index (χ4n) is 3.20. The van der Waals surface area contributed by atoms with E-state index in [2.05, 4.69) is 30.1 Å². The molecule has 2 fully saturated rings. The van der Waals surface area contributed by atoms with Crippen molar-refractivity contribution in [1.29, 1.82) is 0 Å². The van der Waals surface area contributed by atoms with Gasteiger partial charge in [0, 0.05) is 24.2 Å². The highest BCUT2D eigenvalue weighted by molar-refractivity contribution is 5.95. The number of nitrogens with zero attached hydrogens (tertiary/aromatic N) is 1. The minimum absolute atomic E-state index is 0.216. The second kappa shape index (κ2) is 5.57. The fourth-order valence-corrected chi connectivity index (χ4v) is 3.20. The molecule has 1 amide bonds. The van der Waals surface area contributed by atoms with Crippen molar-refractivity contribution in [2.75, 3.05) is 13.1 Å². The van der Waals surface area contributed by atoms with E-state index in [1.54, 1.807) is 0 Å². The summed E-state index contributed by atoms with van der Waals surface area (Å²) in [4.78, 5) is 14.9. The van der Waals surface area contributed by atoms with Gasteiger partial charge >= 0.3 is 0 Å². The van der Waals surface area contributed by atoms with Gasteiger partial charge in [-0.25, -0.2) is 0 Å². The Morgan fingerprint density at radius 2 is 1.90 bits per heavy atom. The van der Waals surface area contributed by atoms with Crippen LogP contribution in [0.3, 0.4) is 0 Å². The van der Waals surface area contributed by atoms with Gasteiger partial charge in [0.05, 0.1) is 0 Å². The van der Waals surface area contributed by atoms with E-state index in [0.29, 0.717) is 12.1 Å². The third-order valence-corrected chi connectivity index (χ3v) is 4.30. The molecule has 1 aromatic carbocycles. The molecule has 1 atom stereocenters. The molecule has 20 heavy (non-hydrogen) atoms. The molecule has 0 aromatic heterocycles. The summed E-state index contributed by atoms with van der Waals surface area (Å²) in [7, 11) is 0. The van der Waals surface area contributed by atoms with Crippen molar-refractivity contribution in [2.45, 2.75) is 51.6 Å². The first-order valence-electron chi connectivity index (χ1n) is 7.76. The van der Waals surface area contributed by atoms with Gasteiger partial charge < -0.3 is 10.2 Å². The van der Waals surface area contributed by atoms with Crippen LogP contribution in [0.5, 0.6) is 0 Å². The zero-order valence-electron chi connectivity index (χ0n) is 12.5. The monoisotopic (exact) mass is 272 g/mol. The molecule has 1 aliphatic heterocycles. The summed E-state index contributed by atoms with van der Waals surface area (Å²) < 4.78 is 0. The van der Waals surface area contributed by atoms with Crippen molar-refractivity contribution in [3.8, 4) is 0 Å². The number of carbonyl (C=O) groups excluding carboxylic acids is 1. The van der Waals surface area contributed by atoms with E-state index in [9.17, 15) is 4.79 Å². The van der Waals surface area contributed by atoms with E-state index in [4.69, 9.17) is 0 Å². The molecular weight excluding hydrogens is 248 g/mol. The minimum Gasteiger partial charge on any atom is -0.334 e. The lowest BCUT2D eigenvalue weighted by molar-refractivity contribution is 0.0728. The number of hydrogen-bond donors (Lipinski definition) is 1. The predicted octanol–water partition coefficient (Wildman–Crippen LogP) is 2.66. The number of amides is 1. The summed E-state index contributed by atoms with van der Waals surface area (Å²) in [6, 6.07) is 7.13. The lowest BCUT2D eigenvalue weighted by Crippen LogP contribution is -2.42. The van der Waals surface area contributed by atoms with Crippen LogP contribution in [0.4, 0.5) is 0 Å². The van der Waals surface area contributed by atoms with Crippen LogP contribution in [0.1, 0.15) is 47.2 Å². The fraction of sp³-hybridized carbons (Fsp3) is 0.588. The van der Waals surface area contributed by atoms with Gasteiger partial charge in [0.25, 0.3) is 5.91 Å². The van der Waals surface area contributed by atoms with Gasteiger partial charge in [-0.2, -0.15) is 0 Å². The Hall–Kier alpha value is -1.35. The second-order valence-electron chi connectivity index (χ2n) is 6.36.